The van der Waals surface area contributed by atoms with Gasteiger partial charge in [-0.3, -0.25) is 19.3 Å². The van der Waals surface area contributed by atoms with Crippen molar-refractivity contribution >= 4 is 35.1 Å². The number of hydrogen-bond donors (Lipinski definition) is 1. The topological polar surface area (TPSA) is 92.8 Å². The zero-order chi connectivity index (χ0) is 22.4. The minimum Gasteiger partial charge on any atom is -0.452 e. The normalized spacial score (nSPS) is 25.2. The van der Waals surface area contributed by atoms with Gasteiger partial charge in [0.15, 0.2) is 6.61 Å². The summed E-state index contributed by atoms with van der Waals surface area (Å²) in [6.45, 7) is 1.49. The lowest BCUT2D eigenvalue weighted by Gasteiger charge is -2.17. The van der Waals surface area contributed by atoms with Crippen molar-refractivity contribution in [1.29, 1.82) is 0 Å². The standard InChI is InChI=1S/C25H22N2O5/c1-14-3-2-4-18(11-14)26-20(28)13-32-25(31)15-7-9-19(10-8-15)27-23(29)21-16-5-6-17(12-16)22(21)24(27)30/h2-11,16-17,21-22H,12-13H2,1H3,(H,26,28)/t16-,17-,21+,22+/m0/s1. The molecule has 3 aliphatic rings. The number of nitrogens with one attached hydrogen (secondary N) is 1. The molecule has 3 amide bonds. The Bertz CT molecular complexity index is 1120. The highest BCUT2D eigenvalue weighted by molar-refractivity contribution is 6.22. The number of rotatable bonds is 5. The first-order chi connectivity index (χ1) is 15.4. The van der Waals surface area contributed by atoms with Crippen LogP contribution in [0.2, 0.25) is 0 Å². The molecule has 0 spiro atoms. The molecule has 1 heterocycles. The molecule has 2 aliphatic carbocycles. The zero-order valence-electron chi connectivity index (χ0n) is 17.5. The molecule has 0 radical (unpaired) electrons. The van der Waals surface area contributed by atoms with E-state index < -0.39 is 18.5 Å². The van der Waals surface area contributed by atoms with Crippen molar-refractivity contribution in [3.05, 3.63) is 71.8 Å². The first-order valence-electron chi connectivity index (χ1n) is 10.6. The second kappa shape index (κ2) is 7.75. The summed E-state index contributed by atoms with van der Waals surface area (Å²) in [5, 5.41) is 2.67. The summed E-state index contributed by atoms with van der Waals surface area (Å²) in [4.78, 5) is 51.4. The Morgan fingerprint density at radius 2 is 1.66 bits per heavy atom. The monoisotopic (exact) mass is 430 g/mol. The van der Waals surface area contributed by atoms with Crippen LogP contribution in [0.25, 0.3) is 0 Å². The molecule has 2 aromatic rings. The van der Waals surface area contributed by atoms with Gasteiger partial charge in [0.05, 0.1) is 23.1 Å². The third-order valence-electron chi connectivity index (χ3n) is 6.47. The maximum absolute atomic E-state index is 12.9. The van der Waals surface area contributed by atoms with Crippen molar-refractivity contribution in [2.45, 2.75) is 13.3 Å². The molecular formula is C25H22N2O5. The van der Waals surface area contributed by atoms with Gasteiger partial charge in [0.2, 0.25) is 11.8 Å². The van der Waals surface area contributed by atoms with Gasteiger partial charge in [-0.15, -0.1) is 0 Å². The van der Waals surface area contributed by atoms with E-state index in [2.05, 4.69) is 17.5 Å². The fourth-order valence-corrected chi connectivity index (χ4v) is 5.04. The maximum Gasteiger partial charge on any atom is 0.338 e. The average molecular weight is 430 g/mol. The van der Waals surface area contributed by atoms with E-state index >= 15 is 0 Å². The molecule has 1 saturated heterocycles. The Hall–Kier alpha value is -3.74. The molecule has 1 saturated carbocycles. The number of aryl methyl sites for hydroxylation is 1. The molecule has 1 N–H and O–H groups in total. The van der Waals surface area contributed by atoms with Crippen molar-refractivity contribution in [2.75, 3.05) is 16.8 Å². The van der Waals surface area contributed by atoms with Crippen LogP contribution in [-0.4, -0.2) is 30.3 Å². The van der Waals surface area contributed by atoms with Gasteiger partial charge in [0, 0.05) is 5.69 Å². The fourth-order valence-electron chi connectivity index (χ4n) is 5.04. The Morgan fingerprint density at radius 1 is 1.00 bits per heavy atom. The minimum absolute atomic E-state index is 0.145. The van der Waals surface area contributed by atoms with Crippen LogP contribution >= 0.6 is 0 Å². The number of benzene rings is 2. The fraction of sp³-hybridized carbons (Fsp3) is 0.280. The van der Waals surface area contributed by atoms with Crippen molar-refractivity contribution in [1.82, 2.24) is 0 Å². The average Bonchev–Trinajstić information content (AvgIpc) is 3.46. The Morgan fingerprint density at radius 3 is 2.28 bits per heavy atom. The number of ether oxygens (including phenoxy) is 1. The molecule has 7 heteroatoms. The lowest BCUT2D eigenvalue weighted by Crippen LogP contribution is -2.32. The van der Waals surface area contributed by atoms with Crippen molar-refractivity contribution in [3.63, 3.8) is 0 Å². The number of esters is 1. The number of carbonyl (C=O) groups excluding carboxylic acids is 4. The highest BCUT2D eigenvalue weighted by Crippen LogP contribution is 2.53. The van der Waals surface area contributed by atoms with Crippen LogP contribution in [0.5, 0.6) is 0 Å². The number of anilines is 2. The molecule has 0 unspecified atom stereocenters. The largest absolute Gasteiger partial charge is 0.452 e. The van der Waals surface area contributed by atoms with E-state index in [4.69, 9.17) is 4.74 Å². The summed E-state index contributed by atoms with van der Waals surface area (Å²) in [6, 6.07) is 13.4. The molecular weight excluding hydrogens is 408 g/mol. The van der Waals surface area contributed by atoms with Crippen LogP contribution in [-0.2, 0) is 19.1 Å². The van der Waals surface area contributed by atoms with Gasteiger partial charge in [-0.2, -0.15) is 0 Å². The van der Waals surface area contributed by atoms with Crippen LogP contribution in [0.3, 0.4) is 0 Å². The van der Waals surface area contributed by atoms with E-state index in [0.29, 0.717) is 11.4 Å². The summed E-state index contributed by atoms with van der Waals surface area (Å²) in [7, 11) is 0. The number of allylic oxidation sites excluding steroid dienone is 2. The van der Waals surface area contributed by atoms with Crippen LogP contribution < -0.4 is 10.2 Å². The number of imide groups is 1. The molecule has 5 rings (SSSR count). The Balaban J connectivity index is 1.20. The van der Waals surface area contributed by atoms with Gasteiger partial charge < -0.3 is 10.1 Å². The van der Waals surface area contributed by atoms with Crippen LogP contribution in [0.15, 0.2) is 60.7 Å². The maximum atomic E-state index is 12.9. The first kappa shape index (κ1) is 20.2. The summed E-state index contributed by atoms with van der Waals surface area (Å²) >= 11 is 0. The third-order valence-corrected chi connectivity index (χ3v) is 6.47. The second-order valence-electron chi connectivity index (χ2n) is 8.55. The number of amides is 3. The SMILES string of the molecule is Cc1cccc(NC(=O)COC(=O)c2ccc(N3C(=O)[C@H]4[C@H](C3=O)[C@H]3C=C[C@H]4C3)cc2)c1. The van der Waals surface area contributed by atoms with Crippen LogP contribution in [0.1, 0.15) is 22.3 Å². The molecule has 1 aliphatic heterocycles. The molecule has 162 valence electrons. The lowest BCUT2D eigenvalue weighted by molar-refractivity contribution is -0.123. The van der Waals surface area contributed by atoms with Gasteiger partial charge in [0.1, 0.15) is 0 Å². The lowest BCUT2D eigenvalue weighted by atomic mass is 9.85. The molecule has 2 fully saturated rings. The van der Waals surface area contributed by atoms with E-state index in [-0.39, 0.29) is 41.0 Å². The van der Waals surface area contributed by atoms with E-state index in [0.717, 1.165) is 12.0 Å². The second-order valence-corrected chi connectivity index (χ2v) is 8.55. The van der Waals surface area contributed by atoms with E-state index in [1.807, 2.05) is 25.1 Å². The molecule has 32 heavy (non-hydrogen) atoms. The Labute approximate surface area is 185 Å². The highest BCUT2D eigenvalue weighted by atomic mass is 16.5. The number of carbonyl (C=O) groups is 4. The van der Waals surface area contributed by atoms with Crippen molar-refractivity contribution in [2.24, 2.45) is 23.7 Å². The summed E-state index contributed by atoms with van der Waals surface area (Å²) < 4.78 is 5.09. The predicted molar refractivity (Wildman–Crippen MR) is 117 cm³/mol. The van der Waals surface area contributed by atoms with E-state index in [1.165, 1.54) is 17.0 Å². The van der Waals surface area contributed by atoms with E-state index in [9.17, 15) is 19.2 Å². The summed E-state index contributed by atoms with van der Waals surface area (Å²) in [6.07, 6.45) is 4.98. The quantitative estimate of drug-likeness (QED) is 0.447. The van der Waals surface area contributed by atoms with Gasteiger partial charge in [-0.25, -0.2) is 4.79 Å². The molecule has 7 nitrogen and oxygen atoms in total. The number of fused-ring (bicyclic) bond motifs is 5. The minimum atomic E-state index is -0.658. The van der Waals surface area contributed by atoms with Gasteiger partial charge in [0.25, 0.3) is 5.91 Å². The zero-order valence-corrected chi connectivity index (χ0v) is 17.5. The molecule has 2 bridgehead atoms. The van der Waals surface area contributed by atoms with Gasteiger partial charge >= 0.3 is 5.97 Å². The molecule has 4 atom stereocenters. The van der Waals surface area contributed by atoms with Gasteiger partial charge in [-0.1, -0.05) is 24.3 Å². The predicted octanol–water partition coefficient (Wildman–Crippen LogP) is 3.10. The third kappa shape index (κ3) is 3.39. The highest BCUT2D eigenvalue weighted by Gasteiger charge is 2.59. The van der Waals surface area contributed by atoms with Crippen molar-refractivity contribution in [3.8, 4) is 0 Å². The van der Waals surface area contributed by atoms with Crippen LogP contribution in [0, 0.1) is 30.6 Å². The summed E-state index contributed by atoms with van der Waals surface area (Å²) in [5.41, 5.74) is 2.31. The molecule has 2 aromatic carbocycles. The Kier molecular flexibility index (Phi) is 4.89. The number of hydrogen-bond acceptors (Lipinski definition) is 5. The van der Waals surface area contributed by atoms with Gasteiger partial charge in [-0.05, 0) is 67.1 Å². The first-order valence-corrected chi connectivity index (χ1v) is 10.6. The number of nitrogens with zero attached hydrogens (tertiary/aromatic N) is 1. The van der Waals surface area contributed by atoms with Crippen LogP contribution in [0.4, 0.5) is 11.4 Å². The summed E-state index contributed by atoms with van der Waals surface area (Å²) in [5.74, 6) is -1.68. The smallest absolute Gasteiger partial charge is 0.338 e. The van der Waals surface area contributed by atoms with E-state index in [1.54, 1.807) is 18.2 Å². The molecule has 0 aromatic heterocycles. The van der Waals surface area contributed by atoms with Crippen molar-refractivity contribution < 1.29 is 23.9 Å².